The number of rotatable bonds is 2. The van der Waals surface area contributed by atoms with Gasteiger partial charge < -0.3 is 14.8 Å². The van der Waals surface area contributed by atoms with Gasteiger partial charge in [0.15, 0.2) is 0 Å². The first kappa shape index (κ1) is 10.9. The van der Waals surface area contributed by atoms with Crippen molar-refractivity contribution in [3.8, 4) is 0 Å². The van der Waals surface area contributed by atoms with Crippen LogP contribution in [0.2, 0.25) is 0 Å². The summed E-state index contributed by atoms with van der Waals surface area (Å²) in [5.74, 6) is 0.490. The fourth-order valence-electron chi connectivity index (χ4n) is 0.900. The Morgan fingerprint density at radius 1 is 1.40 bits per heavy atom. The minimum Gasteiger partial charge on any atom is -0.665 e. The van der Waals surface area contributed by atoms with Crippen molar-refractivity contribution in [1.29, 1.82) is 0 Å². The van der Waals surface area contributed by atoms with Gasteiger partial charge in [-0.25, -0.2) is 0 Å². The van der Waals surface area contributed by atoms with Crippen LogP contribution in [0.15, 0.2) is 0 Å². The van der Waals surface area contributed by atoms with E-state index >= 15 is 0 Å². The van der Waals surface area contributed by atoms with Gasteiger partial charge in [-0.05, 0) is 5.92 Å². The van der Waals surface area contributed by atoms with E-state index < -0.39 is 0 Å². The van der Waals surface area contributed by atoms with Gasteiger partial charge in [-0.3, -0.25) is 0 Å². The van der Waals surface area contributed by atoms with Gasteiger partial charge >= 0.3 is 29.6 Å². The molecule has 0 amide bonds. The van der Waals surface area contributed by atoms with Crippen molar-refractivity contribution in [3.63, 3.8) is 0 Å². The van der Waals surface area contributed by atoms with Crippen LogP contribution < -0.4 is 29.6 Å². The van der Waals surface area contributed by atoms with Crippen LogP contribution in [0.3, 0.4) is 0 Å². The average Bonchev–Trinajstić information content (AvgIpc) is 1.91. The SMILES string of the molecule is C[N-]CC1COCOC1.[Na+]. The van der Waals surface area contributed by atoms with Crippen molar-refractivity contribution in [2.75, 3.05) is 33.6 Å². The Morgan fingerprint density at radius 3 is 2.50 bits per heavy atom. The summed E-state index contributed by atoms with van der Waals surface area (Å²) in [6, 6.07) is 0. The van der Waals surface area contributed by atoms with Crippen molar-refractivity contribution >= 4 is 0 Å². The Bertz CT molecular complexity index is 73.4. The normalized spacial score (nSPS) is 20.1. The third kappa shape index (κ3) is 3.91. The molecule has 54 valence electrons. The second-order valence-corrected chi connectivity index (χ2v) is 2.22. The van der Waals surface area contributed by atoms with E-state index in [-0.39, 0.29) is 29.6 Å². The zero-order valence-corrected chi connectivity index (χ0v) is 8.67. The van der Waals surface area contributed by atoms with E-state index in [1.807, 2.05) is 7.05 Å². The van der Waals surface area contributed by atoms with Crippen molar-refractivity contribution < 1.29 is 39.0 Å². The summed E-state index contributed by atoms with van der Waals surface area (Å²) in [7, 11) is 1.81. The summed E-state index contributed by atoms with van der Waals surface area (Å²) in [6.45, 7) is 2.93. The van der Waals surface area contributed by atoms with Gasteiger partial charge in [0.2, 0.25) is 0 Å². The van der Waals surface area contributed by atoms with E-state index in [1.165, 1.54) is 0 Å². The second-order valence-electron chi connectivity index (χ2n) is 2.22. The maximum Gasteiger partial charge on any atom is 1.00 e. The van der Waals surface area contributed by atoms with Gasteiger partial charge in [-0.15, -0.1) is 6.54 Å². The van der Waals surface area contributed by atoms with Crippen molar-refractivity contribution in [2.24, 2.45) is 5.92 Å². The maximum atomic E-state index is 5.05. The van der Waals surface area contributed by atoms with Crippen LogP contribution in [-0.2, 0) is 9.47 Å². The number of ether oxygens (including phenoxy) is 2. The molecule has 1 aliphatic rings. The molecule has 1 saturated heterocycles. The molecular formula is C6H12NNaO2. The average molecular weight is 153 g/mol. The molecule has 1 aliphatic heterocycles. The van der Waals surface area contributed by atoms with Crippen LogP contribution in [-0.4, -0.2) is 33.6 Å². The molecule has 3 nitrogen and oxygen atoms in total. The van der Waals surface area contributed by atoms with Gasteiger partial charge in [0, 0.05) is 0 Å². The Labute approximate surface area is 83.7 Å². The standard InChI is InChI=1S/C6H12NO2.Na/c1-7-2-6-3-8-5-9-4-6;/h6H,2-5H2,1H3;/q-1;+1. The van der Waals surface area contributed by atoms with Crippen LogP contribution in [0.4, 0.5) is 0 Å². The molecule has 0 aliphatic carbocycles. The molecule has 0 atom stereocenters. The molecule has 1 rings (SSSR count). The maximum absolute atomic E-state index is 5.05. The van der Waals surface area contributed by atoms with Gasteiger partial charge in [0.05, 0.1) is 13.2 Å². The summed E-state index contributed by atoms with van der Waals surface area (Å²) < 4.78 is 10.1. The Hall–Kier alpha value is 0.880. The van der Waals surface area contributed by atoms with Crippen molar-refractivity contribution in [1.82, 2.24) is 0 Å². The fraction of sp³-hybridized carbons (Fsp3) is 1.00. The smallest absolute Gasteiger partial charge is 0.665 e. The Morgan fingerprint density at radius 2 is 2.00 bits per heavy atom. The second kappa shape index (κ2) is 6.58. The van der Waals surface area contributed by atoms with E-state index in [9.17, 15) is 0 Å². The Balaban J connectivity index is 0.000000810. The van der Waals surface area contributed by atoms with Crippen LogP contribution in [0.25, 0.3) is 5.32 Å². The molecule has 4 heteroatoms. The van der Waals surface area contributed by atoms with Gasteiger partial charge in [-0.1, -0.05) is 0 Å². The first-order chi connectivity index (χ1) is 4.43. The van der Waals surface area contributed by atoms with E-state index in [0.717, 1.165) is 19.8 Å². The number of nitrogens with zero attached hydrogens (tertiary/aromatic N) is 1. The molecule has 0 aromatic rings. The third-order valence-corrected chi connectivity index (χ3v) is 1.31. The van der Waals surface area contributed by atoms with Crippen molar-refractivity contribution in [3.05, 3.63) is 5.32 Å². The molecule has 1 heterocycles. The van der Waals surface area contributed by atoms with Gasteiger partial charge in [0.25, 0.3) is 0 Å². The molecule has 0 N–H and O–H groups in total. The van der Waals surface area contributed by atoms with Crippen LogP contribution in [0.1, 0.15) is 0 Å². The molecule has 0 aromatic carbocycles. The molecule has 0 radical (unpaired) electrons. The fourth-order valence-corrected chi connectivity index (χ4v) is 0.900. The van der Waals surface area contributed by atoms with E-state index in [0.29, 0.717) is 12.7 Å². The first-order valence-electron chi connectivity index (χ1n) is 3.14. The summed E-state index contributed by atoms with van der Waals surface area (Å²) in [4.78, 5) is 0. The number of hydrogen-bond donors (Lipinski definition) is 0. The minimum atomic E-state index is 0. The minimum absolute atomic E-state index is 0. The van der Waals surface area contributed by atoms with E-state index in [1.54, 1.807) is 0 Å². The van der Waals surface area contributed by atoms with E-state index in [4.69, 9.17) is 9.47 Å². The molecule has 0 aromatic heterocycles. The van der Waals surface area contributed by atoms with E-state index in [2.05, 4.69) is 5.32 Å². The largest absolute Gasteiger partial charge is 1.00 e. The Kier molecular flexibility index (Phi) is 7.16. The van der Waals surface area contributed by atoms with Crippen LogP contribution >= 0.6 is 0 Å². The molecular weight excluding hydrogens is 141 g/mol. The topological polar surface area (TPSA) is 32.6 Å². The molecule has 0 unspecified atom stereocenters. The summed E-state index contributed by atoms with van der Waals surface area (Å²) in [5, 5.41) is 4.00. The molecule has 0 bridgehead atoms. The van der Waals surface area contributed by atoms with Gasteiger partial charge in [0.1, 0.15) is 6.79 Å². The molecule has 0 saturated carbocycles. The summed E-state index contributed by atoms with van der Waals surface area (Å²) in [5.41, 5.74) is 0. The van der Waals surface area contributed by atoms with Gasteiger partial charge in [-0.2, -0.15) is 7.05 Å². The summed E-state index contributed by atoms with van der Waals surface area (Å²) in [6.07, 6.45) is 0. The first-order valence-corrected chi connectivity index (χ1v) is 3.14. The predicted molar refractivity (Wildman–Crippen MR) is 34.4 cm³/mol. The molecule has 1 fully saturated rings. The predicted octanol–water partition coefficient (Wildman–Crippen LogP) is -2.39. The number of hydrogen-bond acceptors (Lipinski definition) is 2. The monoisotopic (exact) mass is 153 g/mol. The summed E-state index contributed by atoms with van der Waals surface area (Å²) >= 11 is 0. The molecule has 10 heavy (non-hydrogen) atoms. The third-order valence-electron chi connectivity index (χ3n) is 1.31. The quantitative estimate of drug-likeness (QED) is 0.415. The zero-order valence-electron chi connectivity index (χ0n) is 6.67. The van der Waals surface area contributed by atoms with Crippen molar-refractivity contribution in [2.45, 2.75) is 0 Å². The molecule has 0 spiro atoms. The zero-order chi connectivity index (χ0) is 6.53. The van der Waals surface area contributed by atoms with Crippen LogP contribution in [0.5, 0.6) is 0 Å². The van der Waals surface area contributed by atoms with Crippen LogP contribution in [0, 0.1) is 5.92 Å².